The molecule has 2 aromatic carbocycles. The molecule has 0 fully saturated rings. The molecule has 0 bridgehead atoms. The standard InChI is InChI=1S/C19H21ClN2O5S/c1-22(11-13-3-6-17-18(9-13)27-8-7-26-17)12-19(23)21-16-10-14(28(2,24)25)4-5-15(16)20/h3-6,9-10H,7-8,11-12H2,1-2H3,(H,21,23). The van der Waals surface area contributed by atoms with Crippen molar-refractivity contribution >= 4 is 33.0 Å². The van der Waals surface area contributed by atoms with Crippen molar-refractivity contribution in [3.63, 3.8) is 0 Å². The van der Waals surface area contributed by atoms with E-state index in [1.165, 1.54) is 18.2 Å². The minimum atomic E-state index is -3.39. The summed E-state index contributed by atoms with van der Waals surface area (Å²) in [6, 6.07) is 9.89. The lowest BCUT2D eigenvalue weighted by Crippen LogP contribution is -2.30. The molecular weight excluding hydrogens is 404 g/mol. The SMILES string of the molecule is CN(CC(=O)Nc1cc(S(C)(=O)=O)ccc1Cl)Cc1ccc2c(c1)OCCO2. The Kier molecular flexibility index (Phi) is 6.12. The summed E-state index contributed by atoms with van der Waals surface area (Å²) in [6.45, 7) is 1.69. The average Bonchev–Trinajstić information content (AvgIpc) is 2.62. The number of anilines is 1. The van der Waals surface area contributed by atoms with Gasteiger partial charge in [0.15, 0.2) is 21.3 Å². The fourth-order valence-corrected chi connectivity index (χ4v) is 3.63. The summed E-state index contributed by atoms with van der Waals surface area (Å²) in [7, 11) is -1.58. The van der Waals surface area contributed by atoms with Gasteiger partial charge in [0.05, 0.1) is 22.2 Å². The van der Waals surface area contributed by atoms with Gasteiger partial charge in [0.2, 0.25) is 5.91 Å². The number of rotatable bonds is 6. The van der Waals surface area contributed by atoms with E-state index in [4.69, 9.17) is 21.1 Å². The molecule has 0 atom stereocenters. The van der Waals surface area contributed by atoms with E-state index >= 15 is 0 Å². The fourth-order valence-electron chi connectivity index (χ4n) is 2.82. The van der Waals surface area contributed by atoms with Gasteiger partial charge in [-0.15, -0.1) is 0 Å². The van der Waals surface area contributed by atoms with E-state index in [1.807, 2.05) is 30.1 Å². The van der Waals surface area contributed by atoms with Crippen molar-refractivity contribution in [3.8, 4) is 11.5 Å². The van der Waals surface area contributed by atoms with Crippen molar-refractivity contribution < 1.29 is 22.7 Å². The summed E-state index contributed by atoms with van der Waals surface area (Å²) in [5, 5.41) is 2.94. The number of halogens is 1. The molecule has 0 radical (unpaired) electrons. The Labute approximate surface area is 169 Å². The summed E-state index contributed by atoms with van der Waals surface area (Å²) in [4.78, 5) is 14.3. The van der Waals surface area contributed by atoms with Crippen molar-refractivity contribution in [2.75, 3.05) is 38.4 Å². The van der Waals surface area contributed by atoms with Gasteiger partial charge >= 0.3 is 0 Å². The van der Waals surface area contributed by atoms with E-state index in [9.17, 15) is 13.2 Å². The second-order valence-corrected chi connectivity index (χ2v) is 9.04. The summed E-state index contributed by atoms with van der Waals surface area (Å²) >= 11 is 6.08. The maximum Gasteiger partial charge on any atom is 0.238 e. The number of nitrogens with zero attached hydrogens (tertiary/aromatic N) is 1. The highest BCUT2D eigenvalue weighted by Gasteiger charge is 2.15. The van der Waals surface area contributed by atoms with Gasteiger partial charge < -0.3 is 14.8 Å². The molecule has 0 aromatic heterocycles. The number of ether oxygens (including phenoxy) is 2. The van der Waals surface area contributed by atoms with Crippen molar-refractivity contribution in [1.82, 2.24) is 4.90 Å². The number of nitrogens with one attached hydrogen (secondary N) is 1. The zero-order chi connectivity index (χ0) is 20.3. The second-order valence-electron chi connectivity index (χ2n) is 6.61. The largest absolute Gasteiger partial charge is 0.486 e. The maximum absolute atomic E-state index is 12.4. The van der Waals surface area contributed by atoms with Crippen molar-refractivity contribution in [2.45, 2.75) is 11.4 Å². The van der Waals surface area contributed by atoms with Gasteiger partial charge in [-0.3, -0.25) is 9.69 Å². The topological polar surface area (TPSA) is 84.9 Å². The number of amides is 1. The van der Waals surface area contributed by atoms with E-state index in [0.717, 1.165) is 17.6 Å². The average molecular weight is 425 g/mol. The van der Waals surface area contributed by atoms with Crippen molar-refractivity contribution in [1.29, 1.82) is 0 Å². The molecule has 150 valence electrons. The monoisotopic (exact) mass is 424 g/mol. The van der Waals surface area contributed by atoms with Crippen LogP contribution in [0.3, 0.4) is 0 Å². The second kappa shape index (κ2) is 8.38. The highest BCUT2D eigenvalue weighted by Crippen LogP contribution is 2.31. The smallest absolute Gasteiger partial charge is 0.238 e. The van der Waals surface area contributed by atoms with Gasteiger partial charge in [0, 0.05) is 12.8 Å². The van der Waals surface area contributed by atoms with Crippen LogP contribution in [-0.2, 0) is 21.2 Å². The first-order valence-corrected chi connectivity index (χ1v) is 10.9. The van der Waals surface area contributed by atoms with Gasteiger partial charge in [0.25, 0.3) is 0 Å². The summed E-state index contributed by atoms with van der Waals surface area (Å²) < 4.78 is 34.4. The van der Waals surface area contributed by atoms with Crippen molar-refractivity contribution in [2.24, 2.45) is 0 Å². The third-order valence-corrected chi connectivity index (χ3v) is 5.55. The molecule has 0 saturated carbocycles. The molecule has 1 aliphatic rings. The predicted octanol–water partition coefficient (Wildman–Crippen LogP) is 2.59. The minimum Gasteiger partial charge on any atom is -0.486 e. The van der Waals surface area contributed by atoms with Crippen LogP contribution in [0.2, 0.25) is 5.02 Å². The quantitative estimate of drug-likeness (QED) is 0.767. The number of hydrogen-bond acceptors (Lipinski definition) is 6. The Morgan fingerprint density at radius 2 is 1.86 bits per heavy atom. The van der Waals surface area contributed by atoms with E-state index in [1.54, 1.807) is 0 Å². The van der Waals surface area contributed by atoms with Gasteiger partial charge in [-0.2, -0.15) is 0 Å². The lowest BCUT2D eigenvalue weighted by molar-refractivity contribution is -0.117. The van der Waals surface area contributed by atoms with Crippen LogP contribution in [0.5, 0.6) is 11.5 Å². The molecule has 7 nitrogen and oxygen atoms in total. The molecule has 2 aromatic rings. The Morgan fingerprint density at radius 1 is 1.14 bits per heavy atom. The highest BCUT2D eigenvalue weighted by molar-refractivity contribution is 7.90. The number of carbonyl (C=O) groups is 1. The van der Waals surface area contributed by atoms with Crippen LogP contribution >= 0.6 is 11.6 Å². The third-order valence-electron chi connectivity index (χ3n) is 4.11. The van der Waals surface area contributed by atoms with E-state index < -0.39 is 9.84 Å². The number of carbonyl (C=O) groups excluding carboxylic acids is 1. The van der Waals surface area contributed by atoms with Crippen LogP contribution in [0, 0.1) is 0 Å². The molecule has 9 heteroatoms. The van der Waals surface area contributed by atoms with E-state index in [-0.39, 0.29) is 28.1 Å². The molecule has 3 rings (SSSR count). The first kappa shape index (κ1) is 20.4. The van der Waals surface area contributed by atoms with E-state index in [2.05, 4.69) is 5.32 Å². The van der Waals surface area contributed by atoms with E-state index in [0.29, 0.717) is 25.5 Å². The molecule has 0 saturated heterocycles. The number of sulfone groups is 1. The Balaban J connectivity index is 1.62. The Bertz CT molecular complexity index is 994. The summed E-state index contributed by atoms with van der Waals surface area (Å²) in [5.74, 6) is 1.12. The molecule has 0 aliphatic carbocycles. The lowest BCUT2D eigenvalue weighted by Gasteiger charge is -2.21. The minimum absolute atomic E-state index is 0.0943. The van der Waals surface area contributed by atoms with Crippen LogP contribution in [0.25, 0.3) is 0 Å². The van der Waals surface area contributed by atoms with Crippen LogP contribution < -0.4 is 14.8 Å². The molecular formula is C19H21ClN2O5S. The molecule has 1 heterocycles. The van der Waals surface area contributed by atoms with Crippen LogP contribution in [0.15, 0.2) is 41.3 Å². The number of hydrogen-bond donors (Lipinski definition) is 1. The highest BCUT2D eigenvalue weighted by atomic mass is 35.5. The summed E-state index contributed by atoms with van der Waals surface area (Å²) in [6.07, 6.45) is 1.10. The predicted molar refractivity (Wildman–Crippen MR) is 107 cm³/mol. The zero-order valence-electron chi connectivity index (χ0n) is 15.6. The van der Waals surface area contributed by atoms with Crippen LogP contribution in [-0.4, -0.2) is 52.3 Å². The van der Waals surface area contributed by atoms with Crippen LogP contribution in [0.1, 0.15) is 5.56 Å². The van der Waals surface area contributed by atoms with Gasteiger partial charge in [-0.05, 0) is 42.9 Å². The lowest BCUT2D eigenvalue weighted by atomic mass is 10.2. The molecule has 1 N–H and O–H groups in total. The molecule has 0 spiro atoms. The normalized spacial score (nSPS) is 13.4. The number of fused-ring (bicyclic) bond motifs is 1. The van der Waals surface area contributed by atoms with Gasteiger partial charge in [-0.1, -0.05) is 17.7 Å². The Hall–Kier alpha value is -2.29. The Morgan fingerprint density at radius 3 is 2.57 bits per heavy atom. The first-order valence-electron chi connectivity index (χ1n) is 8.59. The first-order chi connectivity index (χ1) is 13.2. The molecule has 1 aliphatic heterocycles. The van der Waals surface area contributed by atoms with Crippen molar-refractivity contribution in [3.05, 3.63) is 47.0 Å². The third kappa shape index (κ3) is 5.15. The fraction of sp³-hybridized carbons (Fsp3) is 0.316. The number of likely N-dealkylation sites (N-methyl/N-ethyl adjacent to an activating group) is 1. The maximum atomic E-state index is 12.4. The van der Waals surface area contributed by atoms with Gasteiger partial charge in [-0.25, -0.2) is 8.42 Å². The molecule has 0 unspecified atom stereocenters. The van der Waals surface area contributed by atoms with Gasteiger partial charge in [0.1, 0.15) is 13.2 Å². The van der Waals surface area contributed by atoms with Crippen LogP contribution in [0.4, 0.5) is 5.69 Å². The zero-order valence-corrected chi connectivity index (χ0v) is 17.1. The number of benzene rings is 2. The molecule has 28 heavy (non-hydrogen) atoms. The molecule has 1 amide bonds. The summed E-state index contributed by atoms with van der Waals surface area (Å²) in [5.41, 5.74) is 1.25.